The molecular formula is C16H20FNO4. The molecule has 2 aliphatic heterocycles. The molecule has 3 rings (SSSR count). The maximum Gasteiger partial charge on any atom is 0.254 e. The van der Waals surface area contributed by atoms with Crippen LogP contribution < -0.4 is 4.74 Å². The van der Waals surface area contributed by atoms with Gasteiger partial charge in [-0.2, -0.15) is 0 Å². The number of halogens is 1. The van der Waals surface area contributed by atoms with Crippen molar-refractivity contribution in [1.82, 2.24) is 4.90 Å². The predicted octanol–water partition coefficient (Wildman–Crippen LogP) is 1.85. The Morgan fingerprint density at radius 1 is 1.45 bits per heavy atom. The van der Waals surface area contributed by atoms with E-state index in [9.17, 15) is 9.18 Å². The molecule has 120 valence electrons. The fourth-order valence-electron chi connectivity index (χ4n) is 3.38. The van der Waals surface area contributed by atoms with Gasteiger partial charge in [0, 0.05) is 19.3 Å². The third-order valence-corrected chi connectivity index (χ3v) is 4.54. The molecule has 0 aromatic heterocycles. The van der Waals surface area contributed by atoms with Crippen molar-refractivity contribution >= 4 is 5.91 Å². The minimum absolute atomic E-state index is 0.128. The average molecular weight is 309 g/mol. The highest BCUT2D eigenvalue weighted by Gasteiger charge is 2.51. The maximum atomic E-state index is 13.8. The number of methoxy groups -OCH3 is 2. The lowest BCUT2D eigenvalue weighted by Gasteiger charge is -2.27. The van der Waals surface area contributed by atoms with Crippen molar-refractivity contribution in [3.8, 4) is 5.75 Å². The molecule has 2 saturated heterocycles. The molecule has 2 fully saturated rings. The minimum Gasteiger partial charge on any atom is -0.494 e. The van der Waals surface area contributed by atoms with Gasteiger partial charge in [0.25, 0.3) is 5.91 Å². The Labute approximate surface area is 128 Å². The molecule has 5 nitrogen and oxygen atoms in total. The second-order valence-corrected chi connectivity index (χ2v) is 5.78. The molecule has 6 heteroatoms. The van der Waals surface area contributed by atoms with Crippen LogP contribution in [0.4, 0.5) is 4.39 Å². The summed E-state index contributed by atoms with van der Waals surface area (Å²) in [5.41, 5.74) is -0.0988. The lowest BCUT2D eigenvalue weighted by Crippen LogP contribution is -2.42. The number of ether oxygens (including phenoxy) is 3. The summed E-state index contributed by atoms with van der Waals surface area (Å²) in [6, 6.07) is 4.25. The van der Waals surface area contributed by atoms with E-state index in [4.69, 9.17) is 14.2 Å². The highest BCUT2D eigenvalue weighted by Crippen LogP contribution is 2.37. The Balaban J connectivity index is 1.80. The first-order valence-corrected chi connectivity index (χ1v) is 7.39. The zero-order valence-electron chi connectivity index (χ0n) is 12.8. The van der Waals surface area contributed by atoms with Crippen LogP contribution in [0.5, 0.6) is 5.75 Å². The van der Waals surface area contributed by atoms with E-state index in [2.05, 4.69) is 0 Å². The smallest absolute Gasteiger partial charge is 0.254 e. The molecule has 1 aromatic rings. The number of carbonyl (C=O) groups is 1. The van der Waals surface area contributed by atoms with Crippen LogP contribution in [0.15, 0.2) is 18.2 Å². The summed E-state index contributed by atoms with van der Waals surface area (Å²) in [7, 11) is 3.03. The Bertz CT molecular complexity index is 571. The number of rotatable bonds is 3. The fraction of sp³-hybridized carbons (Fsp3) is 0.562. The normalized spacial score (nSPS) is 27.6. The van der Waals surface area contributed by atoms with E-state index in [0.29, 0.717) is 25.3 Å². The van der Waals surface area contributed by atoms with Crippen molar-refractivity contribution in [2.75, 3.05) is 33.9 Å². The first kappa shape index (κ1) is 15.2. The van der Waals surface area contributed by atoms with Gasteiger partial charge >= 0.3 is 0 Å². The Morgan fingerprint density at radius 2 is 2.27 bits per heavy atom. The Hall–Kier alpha value is -1.66. The zero-order valence-corrected chi connectivity index (χ0v) is 12.8. The quantitative estimate of drug-likeness (QED) is 0.855. The molecule has 1 amide bonds. The van der Waals surface area contributed by atoms with Gasteiger partial charge in [0.05, 0.1) is 20.2 Å². The van der Waals surface area contributed by atoms with Crippen molar-refractivity contribution in [3.63, 3.8) is 0 Å². The largest absolute Gasteiger partial charge is 0.494 e. The second-order valence-electron chi connectivity index (χ2n) is 5.78. The zero-order chi connectivity index (χ0) is 15.7. The third kappa shape index (κ3) is 2.46. The molecule has 0 N–H and O–H groups in total. The number of nitrogens with zero attached hydrogens (tertiary/aromatic N) is 1. The average Bonchev–Trinajstić information content (AvgIpc) is 3.14. The number of carbonyl (C=O) groups excluding carboxylic acids is 1. The van der Waals surface area contributed by atoms with Crippen LogP contribution in [0.3, 0.4) is 0 Å². The molecule has 0 aliphatic carbocycles. The van der Waals surface area contributed by atoms with E-state index in [1.807, 2.05) is 0 Å². The highest BCUT2D eigenvalue weighted by atomic mass is 19.1. The number of amides is 1. The van der Waals surface area contributed by atoms with E-state index < -0.39 is 11.4 Å². The molecule has 0 radical (unpaired) electrons. The van der Waals surface area contributed by atoms with E-state index in [0.717, 1.165) is 12.8 Å². The van der Waals surface area contributed by atoms with Gasteiger partial charge in [-0.1, -0.05) is 0 Å². The molecule has 0 bridgehead atoms. The molecule has 2 atom stereocenters. The lowest BCUT2D eigenvalue weighted by molar-refractivity contribution is -0.0754. The molecule has 0 saturated carbocycles. The van der Waals surface area contributed by atoms with Gasteiger partial charge in [0.15, 0.2) is 11.6 Å². The van der Waals surface area contributed by atoms with Crippen molar-refractivity contribution < 1.29 is 23.4 Å². The number of likely N-dealkylation sites (tertiary alicyclic amines) is 1. The number of hydrogen-bond donors (Lipinski definition) is 0. The van der Waals surface area contributed by atoms with Crippen LogP contribution in [-0.4, -0.2) is 56.4 Å². The lowest BCUT2D eigenvalue weighted by atomic mass is 9.96. The van der Waals surface area contributed by atoms with Crippen molar-refractivity contribution in [2.45, 2.75) is 24.5 Å². The van der Waals surface area contributed by atoms with Crippen molar-refractivity contribution in [2.24, 2.45) is 0 Å². The summed E-state index contributed by atoms with van der Waals surface area (Å²) in [6.45, 7) is 1.64. The van der Waals surface area contributed by atoms with Crippen LogP contribution >= 0.6 is 0 Å². The summed E-state index contributed by atoms with van der Waals surface area (Å²) in [6.07, 6.45) is 1.72. The van der Waals surface area contributed by atoms with Crippen LogP contribution in [0.1, 0.15) is 23.2 Å². The Morgan fingerprint density at radius 3 is 2.86 bits per heavy atom. The first-order valence-electron chi connectivity index (χ1n) is 7.39. The van der Waals surface area contributed by atoms with Gasteiger partial charge in [0.1, 0.15) is 11.7 Å². The van der Waals surface area contributed by atoms with Gasteiger partial charge in [0.2, 0.25) is 0 Å². The Kier molecular flexibility index (Phi) is 4.06. The van der Waals surface area contributed by atoms with Crippen LogP contribution in [-0.2, 0) is 9.47 Å². The standard InChI is InChI=1S/C16H20FNO4/c1-20-13-5-4-11(8-12(13)17)15(19)18-9-14(21-2)16(10-18)6-3-7-22-16/h4-5,8,14H,3,6-7,9-10H2,1-2H3/t14-,16-/m0/s1. The van der Waals surface area contributed by atoms with Gasteiger partial charge < -0.3 is 19.1 Å². The first-order chi connectivity index (χ1) is 10.6. The van der Waals surface area contributed by atoms with Gasteiger partial charge in [-0.3, -0.25) is 4.79 Å². The highest BCUT2D eigenvalue weighted by molar-refractivity contribution is 5.94. The summed E-state index contributed by atoms with van der Waals surface area (Å²) < 4.78 is 30.0. The van der Waals surface area contributed by atoms with Crippen LogP contribution in [0.25, 0.3) is 0 Å². The van der Waals surface area contributed by atoms with Gasteiger partial charge in [-0.25, -0.2) is 4.39 Å². The summed E-state index contributed by atoms with van der Waals surface area (Å²) >= 11 is 0. The van der Waals surface area contributed by atoms with Crippen LogP contribution in [0, 0.1) is 5.82 Å². The molecular weight excluding hydrogens is 289 g/mol. The number of benzene rings is 1. The molecule has 0 unspecified atom stereocenters. The molecule has 1 spiro atoms. The monoisotopic (exact) mass is 309 g/mol. The SMILES string of the molecule is COc1ccc(C(=O)N2C[C@H](OC)[C@]3(CCCO3)C2)cc1F. The fourth-order valence-corrected chi connectivity index (χ4v) is 3.38. The van der Waals surface area contributed by atoms with E-state index in [1.165, 1.54) is 19.2 Å². The summed E-state index contributed by atoms with van der Waals surface area (Å²) in [5.74, 6) is -0.623. The van der Waals surface area contributed by atoms with Crippen LogP contribution in [0.2, 0.25) is 0 Å². The maximum absolute atomic E-state index is 13.8. The minimum atomic E-state index is -0.539. The predicted molar refractivity (Wildman–Crippen MR) is 77.6 cm³/mol. The van der Waals surface area contributed by atoms with E-state index in [1.54, 1.807) is 18.1 Å². The van der Waals surface area contributed by atoms with Gasteiger partial charge in [-0.05, 0) is 31.0 Å². The van der Waals surface area contributed by atoms with E-state index in [-0.39, 0.29) is 17.8 Å². The second kappa shape index (κ2) is 5.85. The molecule has 2 aliphatic rings. The molecule has 2 heterocycles. The topological polar surface area (TPSA) is 48.0 Å². The molecule has 1 aromatic carbocycles. The molecule has 22 heavy (non-hydrogen) atoms. The summed E-state index contributed by atoms with van der Waals surface area (Å²) in [4.78, 5) is 14.3. The third-order valence-electron chi connectivity index (χ3n) is 4.54. The van der Waals surface area contributed by atoms with E-state index >= 15 is 0 Å². The summed E-state index contributed by atoms with van der Waals surface area (Å²) in [5, 5.41) is 0. The van der Waals surface area contributed by atoms with Gasteiger partial charge in [-0.15, -0.1) is 0 Å². The van der Waals surface area contributed by atoms with Crippen molar-refractivity contribution in [3.05, 3.63) is 29.6 Å². The van der Waals surface area contributed by atoms with Crippen molar-refractivity contribution in [1.29, 1.82) is 0 Å². The number of hydrogen-bond acceptors (Lipinski definition) is 4.